The summed E-state index contributed by atoms with van der Waals surface area (Å²) in [5, 5.41) is 0. The minimum absolute atomic E-state index is 0.0131. The zero-order valence-electron chi connectivity index (χ0n) is 14.7. The van der Waals surface area contributed by atoms with Gasteiger partial charge in [0.1, 0.15) is 17.3 Å². The predicted molar refractivity (Wildman–Crippen MR) is 95.1 cm³/mol. The van der Waals surface area contributed by atoms with Crippen molar-refractivity contribution in [3.8, 4) is 11.5 Å². The van der Waals surface area contributed by atoms with E-state index in [2.05, 4.69) is 19.9 Å². The molecule has 0 unspecified atom stereocenters. The van der Waals surface area contributed by atoms with Gasteiger partial charge >= 0.3 is 0 Å². The summed E-state index contributed by atoms with van der Waals surface area (Å²) in [6.07, 6.45) is 4.62. The SMILES string of the molecule is O=C(Cc1cc(F)ccc1F)N1CCc2nc(-c3cnccn3)[nH]c(=O)c2C1. The molecule has 3 aromatic rings. The molecule has 28 heavy (non-hydrogen) atoms. The molecule has 0 saturated heterocycles. The molecule has 0 bridgehead atoms. The number of carbonyl (C=O) groups excluding carboxylic acids is 1. The lowest BCUT2D eigenvalue weighted by molar-refractivity contribution is -0.131. The van der Waals surface area contributed by atoms with Crippen molar-refractivity contribution in [1.82, 2.24) is 24.8 Å². The van der Waals surface area contributed by atoms with Crippen molar-refractivity contribution in [2.45, 2.75) is 19.4 Å². The van der Waals surface area contributed by atoms with E-state index in [4.69, 9.17) is 0 Å². The van der Waals surface area contributed by atoms with Crippen molar-refractivity contribution < 1.29 is 13.6 Å². The van der Waals surface area contributed by atoms with Gasteiger partial charge in [0.05, 0.1) is 30.4 Å². The van der Waals surface area contributed by atoms with Crippen LogP contribution in [0.15, 0.2) is 41.6 Å². The Morgan fingerprint density at radius 3 is 2.89 bits per heavy atom. The summed E-state index contributed by atoms with van der Waals surface area (Å²) in [4.78, 5) is 41.6. The zero-order chi connectivity index (χ0) is 19.7. The summed E-state index contributed by atoms with van der Waals surface area (Å²) in [6.45, 7) is 0.396. The van der Waals surface area contributed by atoms with Gasteiger partial charge in [-0.1, -0.05) is 0 Å². The lowest BCUT2D eigenvalue weighted by Gasteiger charge is -2.28. The van der Waals surface area contributed by atoms with Crippen LogP contribution in [0.5, 0.6) is 0 Å². The number of rotatable bonds is 3. The second-order valence-electron chi connectivity index (χ2n) is 6.41. The first-order valence-corrected chi connectivity index (χ1v) is 8.61. The number of amides is 1. The predicted octanol–water partition coefficient (Wildman–Crippen LogP) is 1.63. The Morgan fingerprint density at radius 1 is 1.25 bits per heavy atom. The van der Waals surface area contributed by atoms with Crippen LogP contribution in [0.1, 0.15) is 16.8 Å². The van der Waals surface area contributed by atoms with Crippen molar-refractivity contribution in [2.24, 2.45) is 0 Å². The normalized spacial score (nSPS) is 13.3. The molecule has 0 radical (unpaired) electrons. The zero-order valence-corrected chi connectivity index (χ0v) is 14.7. The van der Waals surface area contributed by atoms with Crippen LogP contribution in [0.3, 0.4) is 0 Å². The van der Waals surface area contributed by atoms with Crippen LogP contribution >= 0.6 is 0 Å². The molecule has 1 amide bonds. The number of aromatic nitrogens is 4. The topological polar surface area (TPSA) is 91.8 Å². The van der Waals surface area contributed by atoms with Crippen LogP contribution < -0.4 is 5.56 Å². The van der Waals surface area contributed by atoms with Crippen molar-refractivity contribution in [3.05, 3.63) is 75.6 Å². The standard InChI is InChI=1S/C19H15F2N5O2/c20-12-1-2-14(21)11(7-12)8-17(27)26-6-3-15-13(10-26)19(28)25-18(24-15)16-9-22-4-5-23-16/h1-2,4-5,7,9H,3,6,8,10H2,(H,24,25,28). The molecule has 0 saturated carbocycles. The summed E-state index contributed by atoms with van der Waals surface area (Å²) in [6, 6.07) is 3.00. The Bertz CT molecular complexity index is 1100. The van der Waals surface area contributed by atoms with E-state index in [1.165, 1.54) is 23.5 Å². The first kappa shape index (κ1) is 17.9. The Hall–Kier alpha value is -3.49. The molecule has 0 aliphatic carbocycles. The van der Waals surface area contributed by atoms with Crippen molar-refractivity contribution >= 4 is 5.91 Å². The van der Waals surface area contributed by atoms with E-state index < -0.39 is 11.6 Å². The monoisotopic (exact) mass is 383 g/mol. The van der Waals surface area contributed by atoms with Crippen LogP contribution in [0, 0.1) is 11.6 Å². The Labute approximate surface area is 158 Å². The second kappa shape index (κ2) is 7.26. The van der Waals surface area contributed by atoms with E-state index in [1.54, 1.807) is 0 Å². The number of fused-ring (bicyclic) bond motifs is 1. The molecule has 1 aromatic carbocycles. The molecule has 4 rings (SSSR count). The number of aromatic amines is 1. The highest BCUT2D eigenvalue weighted by Gasteiger charge is 2.25. The van der Waals surface area contributed by atoms with E-state index >= 15 is 0 Å². The van der Waals surface area contributed by atoms with Gasteiger partial charge in [-0.3, -0.25) is 14.6 Å². The molecule has 3 heterocycles. The molecule has 0 fully saturated rings. The maximum Gasteiger partial charge on any atom is 0.256 e. The fourth-order valence-corrected chi connectivity index (χ4v) is 3.13. The van der Waals surface area contributed by atoms with Gasteiger partial charge in [-0.2, -0.15) is 0 Å². The van der Waals surface area contributed by atoms with Gasteiger partial charge in [0.15, 0.2) is 5.82 Å². The molecule has 1 N–H and O–H groups in total. The van der Waals surface area contributed by atoms with Crippen LogP contribution in [-0.2, 0) is 24.2 Å². The van der Waals surface area contributed by atoms with Gasteiger partial charge in [-0.05, 0) is 18.2 Å². The highest BCUT2D eigenvalue weighted by molar-refractivity contribution is 5.79. The molecule has 9 heteroatoms. The summed E-state index contributed by atoms with van der Waals surface area (Å²) >= 11 is 0. The van der Waals surface area contributed by atoms with E-state index in [-0.39, 0.29) is 30.0 Å². The first-order valence-electron chi connectivity index (χ1n) is 8.61. The van der Waals surface area contributed by atoms with Crippen molar-refractivity contribution in [2.75, 3.05) is 6.54 Å². The molecule has 7 nitrogen and oxygen atoms in total. The number of halogens is 2. The van der Waals surface area contributed by atoms with Gasteiger partial charge < -0.3 is 9.88 Å². The molecule has 1 aliphatic rings. The number of carbonyl (C=O) groups is 1. The fraction of sp³-hybridized carbons (Fsp3) is 0.211. The van der Waals surface area contributed by atoms with E-state index in [0.29, 0.717) is 35.7 Å². The lowest BCUT2D eigenvalue weighted by Crippen LogP contribution is -2.40. The van der Waals surface area contributed by atoms with Gasteiger partial charge in [0.25, 0.3) is 5.56 Å². The number of nitrogens with zero attached hydrogens (tertiary/aromatic N) is 4. The molecule has 0 spiro atoms. The highest BCUT2D eigenvalue weighted by Crippen LogP contribution is 2.19. The Kier molecular flexibility index (Phi) is 4.64. The molecule has 0 atom stereocenters. The maximum absolute atomic E-state index is 13.8. The molecular weight excluding hydrogens is 368 g/mol. The van der Waals surface area contributed by atoms with Gasteiger partial charge in [-0.15, -0.1) is 0 Å². The van der Waals surface area contributed by atoms with Crippen molar-refractivity contribution in [3.63, 3.8) is 0 Å². The summed E-state index contributed by atoms with van der Waals surface area (Å²) in [5.41, 5.74) is 1.04. The molecule has 2 aromatic heterocycles. The third kappa shape index (κ3) is 3.51. The fourth-order valence-electron chi connectivity index (χ4n) is 3.13. The Balaban J connectivity index is 1.56. The third-order valence-corrected chi connectivity index (χ3v) is 4.58. The van der Waals surface area contributed by atoms with Crippen LogP contribution in [0.25, 0.3) is 11.5 Å². The number of H-pyrrole nitrogens is 1. The molecule has 1 aliphatic heterocycles. The van der Waals surface area contributed by atoms with Gasteiger partial charge in [0, 0.05) is 30.9 Å². The van der Waals surface area contributed by atoms with E-state index in [0.717, 1.165) is 18.2 Å². The number of hydrogen-bond donors (Lipinski definition) is 1. The smallest absolute Gasteiger partial charge is 0.256 e. The minimum atomic E-state index is -0.639. The first-order chi connectivity index (χ1) is 13.5. The lowest BCUT2D eigenvalue weighted by atomic mass is 10.0. The summed E-state index contributed by atoms with van der Waals surface area (Å²) in [7, 11) is 0. The van der Waals surface area contributed by atoms with E-state index in [9.17, 15) is 18.4 Å². The molecular formula is C19H15F2N5O2. The number of hydrogen-bond acceptors (Lipinski definition) is 5. The summed E-state index contributed by atoms with van der Waals surface area (Å²) < 4.78 is 27.1. The maximum atomic E-state index is 13.8. The average molecular weight is 383 g/mol. The number of nitrogens with one attached hydrogen (secondary N) is 1. The summed E-state index contributed by atoms with van der Waals surface area (Å²) in [5.74, 6) is -1.31. The minimum Gasteiger partial charge on any atom is -0.337 e. The van der Waals surface area contributed by atoms with Gasteiger partial charge in [0.2, 0.25) is 5.91 Å². The second-order valence-corrected chi connectivity index (χ2v) is 6.41. The largest absolute Gasteiger partial charge is 0.337 e. The van der Waals surface area contributed by atoms with Crippen LogP contribution in [0.2, 0.25) is 0 Å². The quantitative estimate of drug-likeness (QED) is 0.742. The molecule has 142 valence electrons. The van der Waals surface area contributed by atoms with Gasteiger partial charge in [-0.25, -0.2) is 18.7 Å². The number of benzene rings is 1. The highest BCUT2D eigenvalue weighted by atomic mass is 19.1. The van der Waals surface area contributed by atoms with E-state index in [1.807, 2.05) is 0 Å². The third-order valence-electron chi connectivity index (χ3n) is 4.58. The average Bonchev–Trinajstić information content (AvgIpc) is 2.71. The Morgan fingerprint density at radius 2 is 2.11 bits per heavy atom. The van der Waals surface area contributed by atoms with Crippen LogP contribution in [0.4, 0.5) is 8.78 Å². The van der Waals surface area contributed by atoms with Crippen LogP contribution in [-0.4, -0.2) is 37.3 Å². The van der Waals surface area contributed by atoms with Crippen molar-refractivity contribution in [1.29, 1.82) is 0 Å².